The Morgan fingerprint density at radius 1 is 1.28 bits per heavy atom. The molecule has 0 radical (unpaired) electrons. The van der Waals surface area contributed by atoms with Gasteiger partial charge in [0.25, 0.3) is 0 Å². The molecule has 1 aliphatic rings. The number of fused-ring (bicyclic) bond motifs is 1. The predicted octanol–water partition coefficient (Wildman–Crippen LogP) is 4.21. The van der Waals surface area contributed by atoms with E-state index in [2.05, 4.69) is 5.10 Å². The van der Waals surface area contributed by atoms with Gasteiger partial charge in [-0.2, -0.15) is 5.10 Å². The van der Waals surface area contributed by atoms with Crippen molar-refractivity contribution in [3.8, 4) is 5.75 Å². The number of aromatic nitrogens is 2. The van der Waals surface area contributed by atoms with E-state index in [0.717, 1.165) is 16.7 Å². The van der Waals surface area contributed by atoms with Crippen molar-refractivity contribution in [2.75, 3.05) is 6.79 Å². The highest BCUT2D eigenvalue weighted by molar-refractivity contribution is 6.30. The van der Waals surface area contributed by atoms with Crippen molar-refractivity contribution in [2.45, 2.75) is 19.8 Å². The first kappa shape index (κ1) is 19.2. The normalized spacial score (nSPS) is 13.1. The minimum Gasteiger partial charge on any atom is -0.467 e. The molecule has 1 aliphatic heterocycles. The predicted molar refractivity (Wildman–Crippen MR) is 108 cm³/mol. The smallest absolute Gasteiger partial charge is 0.331 e. The average Bonchev–Trinajstić information content (AvgIpc) is 3.18. The van der Waals surface area contributed by atoms with Gasteiger partial charge in [-0.3, -0.25) is 4.68 Å². The number of carbonyl (C=O) groups excluding carboxylic acids is 1. The van der Waals surface area contributed by atoms with E-state index in [0.29, 0.717) is 29.5 Å². The number of carbonyl (C=O) groups is 1. The van der Waals surface area contributed by atoms with Crippen LogP contribution in [-0.2, 0) is 34.0 Å². The highest BCUT2D eigenvalue weighted by Crippen LogP contribution is 2.32. The van der Waals surface area contributed by atoms with Gasteiger partial charge in [0.1, 0.15) is 12.4 Å². The monoisotopic (exact) mass is 410 g/mol. The van der Waals surface area contributed by atoms with E-state index in [1.165, 1.54) is 6.08 Å². The lowest BCUT2D eigenvalue weighted by molar-refractivity contribution is -0.139. The fourth-order valence-corrected chi connectivity index (χ4v) is 3.31. The van der Waals surface area contributed by atoms with Crippen LogP contribution in [0.15, 0.2) is 60.9 Å². The maximum absolute atomic E-state index is 12.1. The topological polar surface area (TPSA) is 62.6 Å². The van der Waals surface area contributed by atoms with Gasteiger partial charge in [-0.05, 0) is 23.8 Å². The molecule has 29 heavy (non-hydrogen) atoms. The van der Waals surface area contributed by atoms with Crippen molar-refractivity contribution in [2.24, 2.45) is 0 Å². The summed E-state index contributed by atoms with van der Waals surface area (Å²) < 4.78 is 17.9. The zero-order valence-corrected chi connectivity index (χ0v) is 16.3. The van der Waals surface area contributed by atoms with Crippen LogP contribution >= 0.6 is 11.6 Å². The highest BCUT2D eigenvalue weighted by atomic mass is 35.5. The molecule has 0 unspecified atom stereocenters. The van der Waals surface area contributed by atoms with Crippen molar-refractivity contribution in [3.63, 3.8) is 0 Å². The molecule has 1 aromatic heterocycles. The van der Waals surface area contributed by atoms with Gasteiger partial charge in [-0.15, -0.1) is 0 Å². The summed E-state index contributed by atoms with van der Waals surface area (Å²) in [4.78, 5) is 12.1. The summed E-state index contributed by atoms with van der Waals surface area (Å²) in [5.41, 5.74) is 3.53. The molecule has 0 N–H and O–H groups in total. The molecule has 7 heteroatoms. The second-order valence-corrected chi connectivity index (χ2v) is 7.00. The van der Waals surface area contributed by atoms with Crippen molar-refractivity contribution in [3.05, 3.63) is 88.2 Å². The minimum absolute atomic E-state index is 0.0688. The number of nitrogens with zero attached hydrogens (tertiary/aromatic N) is 2. The summed E-state index contributed by atoms with van der Waals surface area (Å²) in [5, 5.41) is 4.86. The van der Waals surface area contributed by atoms with Gasteiger partial charge < -0.3 is 14.2 Å². The summed E-state index contributed by atoms with van der Waals surface area (Å²) in [7, 11) is 0. The summed E-state index contributed by atoms with van der Waals surface area (Å²) in [6.07, 6.45) is 6.63. The van der Waals surface area contributed by atoms with Gasteiger partial charge in [-0.1, -0.05) is 41.9 Å². The van der Waals surface area contributed by atoms with Gasteiger partial charge in [0, 0.05) is 34.0 Å². The highest BCUT2D eigenvalue weighted by Gasteiger charge is 2.17. The molecule has 0 bridgehead atoms. The minimum atomic E-state index is -0.457. The van der Waals surface area contributed by atoms with Crippen molar-refractivity contribution in [1.29, 1.82) is 0 Å². The summed E-state index contributed by atoms with van der Waals surface area (Å²) in [6, 6.07) is 13.6. The van der Waals surface area contributed by atoms with Crippen LogP contribution in [0.2, 0.25) is 5.02 Å². The van der Waals surface area contributed by atoms with Crippen LogP contribution in [0, 0.1) is 0 Å². The van der Waals surface area contributed by atoms with Crippen LogP contribution in [0.1, 0.15) is 22.3 Å². The Bertz CT molecular complexity index is 1030. The number of esters is 1. The molecule has 0 amide bonds. The zero-order chi connectivity index (χ0) is 20.1. The molecule has 0 spiro atoms. The fourth-order valence-electron chi connectivity index (χ4n) is 3.05. The molecule has 0 aliphatic carbocycles. The Morgan fingerprint density at radius 2 is 2.14 bits per heavy atom. The van der Waals surface area contributed by atoms with Crippen molar-refractivity contribution < 1.29 is 19.0 Å². The molecule has 4 rings (SSSR count). The molecule has 2 heterocycles. The second-order valence-electron chi connectivity index (χ2n) is 6.56. The van der Waals surface area contributed by atoms with Gasteiger partial charge in [-0.25, -0.2) is 4.79 Å². The van der Waals surface area contributed by atoms with Crippen LogP contribution in [0.5, 0.6) is 5.75 Å². The van der Waals surface area contributed by atoms with Crippen LogP contribution in [0.3, 0.4) is 0 Å². The Balaban J connectivity index is 1.35. The molecule has 0 atom stereocenters. The number of hydrogen-bond donors (Lipinski definition) is 0. The van der Waals surface area contributed by atoms with Crippen LogP contribution in [0.25, 0.3) is 6.08 Å². The standard InChI is InChI=1S/C22H19ClN2O4/c23-20-8-18-13-27-15-29-22(18)19(9-20)14-28-21(26)7-6-17-10-24-25(12-17)11-16-4-2-1-3-5-16/h1-10,12H,11,13-15H2/b7-6+. The molecule has 148 valence electrons. The molecular weight excluding hydrogens is 392 g/mol. The summed E-state index contributed by atoms with van der Waals surface area (Å²) >= 11 is 6.12. The summed E-state index contributed by atoms with van der Waals surface area (Å²) in [5.74, 6) is 0.209. The maximum Gasteiger partial charge on any atom is 0.331 e. The van der Waals surface area contributed by atoms with E-state index in [4.69, 9.17) is 25.8 Å². The number of ether oxygens (including phenoxy) is 3. The van der Waals surface area contributed by atoms with E-state index in [9.17, 15) is 4.79 Å². The Hall–Kier alpha value is -3.09. The molecule has 6 nitrogen and oxygen atoms in total. The first-order chi connectivity index (χ1) is 14.2. The third-order valence-corrected chi connectivity index (χ3v) is 4.59. The van der Waals surface area contributed by atoms with Crippen LogP contribution in [-0.4, -0.2) is 22.5 Å². The Labute approximate surface area is 173 Å². The Morgan fingerprint density at radius 3 is 3.00 bits per heavy atom. The lowest BCUT2D eigenvalue weighted by atomic mass is 10.1. The van der Waals surface area contributed by atoms with Gasteiger partial charge in [0.2, 0.25) is 0 Å². The van der Waals surface area contributed by atoms with E-state index in [1.807, 2.05) is 41.2 Å². The fraction of sp³-hybridized carbons (Fsp3) is 0.182. The van der Waals surface area contributed by atoms with Gasteiger partial charge in [0.15, 0.2) is 6.79 Å². The molecule has 2 aromatic carbocycles. The lowest BCUT2D eigenvalue weighted by Crippen LogP contribution is -2.14. The number of benzene rings is 2. The molecule has 0 saturated carbocycles. The quantitative estimate of drug-likeness (QED) is 0.450. The third-order valence-electron chi connectivity index (χ3n) is 4.37. The molecule has 3 aromatic rings. The number of rotatable bonds is 6. The maximum atomic E-state index is 12.1. The summed E-state index contributed by atoms with van der Waals surface area (Å²) in [6.45, 7) is 1.33. The van der Waals surface area contributed by atoms with E-state index in [-0.39, 0.29) is 13.4 Å². The largest absolute Gasteiger partial charge is 0.467 e. The van der Waals surface area contributed by atoms with Crippen molar-refractivity contribution >= 4 is 23.6 Å². The molecular formula is C22H19ClN2O4. The third kappa shape index (κ3) is 5.04. The molecule has 0 saturated heterocycles. The van der Waals surface area contributed by atoms with E-state index >= 15 is 0 Å². The number of hydrogen-bond acceptors (Lipinski definition) is 5. The van der Waals surface area contributed by atoms with E-state index in [1.54, 1.807) is 24.4 Å². The number of halogens is 1. The Kier molecular flexibility index (Phi) is 5.93. The second kappa shape index (κ2) is 8.94. The van der Waals surface area contributed by atoms with Gasteiger partial charge >= 0.3 is 5.97 Å². The molecule has 0 fully saturated rings. The first-order valence-corrected chi connectivity index (χ1v) is 9.48. The first-order valence-electron chi connectivity index (χ1n) is 9.10. The van der Waals surface area contributed by atoms with Gasteiger partial charge in [0.05, 0.1) is 19.3 Å². The SMILES string of the molecule is O=C(/C=C/c1cnn(Cc2ccccc2)c1)OCc1cc(Cl)cc2c1OCOC2. The van der Waals surface area contributed by atoms with Crippen molar-refractivity contribution in [1.82, 2.24) is 9.78 Å². The average molecular weight is 411 g/mol. The van der Waals surface area contributed by atoms with Crippen LogP contribution < -0.4 is 4.74 Å². The van der Waals surface area contributed by atoms with Crippen LogP contribution in [0.4, 0.5) is 0 Å². The van der Waals surface area contributed by atoms with E-state index < -0.39 is 5.97 Å². The zero-order valence-electron chi connectivity index (χ0n) is 15.6. The lowest BCUT2D eigenvalue weighted by Gasteiger charge is -2.20.